The van der Waals surface area contributed by atoms with Crippen LogP contribution in [0, 0.1) is 0 Å². The largest absolute Gasteiger partial charge is 0.338 e. The van der Waals surface area contributed by atoms with E-state index in [0.717, 1.165) is 25.0 Å². The molecule has 13 heavy (non-hydrogen) atoms. The van der Waals surface area contributed by atoms with Crippen LogP contribution in [0.1, 0.15) is 26.7 Å². The molecule has 0 saturated carbocycles. The number of carbonyl (C=O) groups is 1. The van der Waals surface area contributed by atoms with Crippen molar-refractivity contribution in [3.63, 3.8) is 0 Å². The van der Waals surface area contributed by atoms with Crippen LogP contribution in [0.2, 0.25) is 0 Å². The summed E-state index contributed by atoms with van der Waals surface area (Å²) in [6.07, 6.45) is 6.21. The summed E-state index contributed by atoms with van der Waals surface area (Å²) >= 11 is 0. The smallest absolute Gasteiger partial charge is 0.253 e. The second-order valence-electron chi connectivity index (χ2n) is 3.12. The molecule has 1 amide bonds. The lowest BCUT2D eigenvalue weighted by atomic mass is 10.0. The predicted molar refractivity (Wildman–Crippen MR) is 54.4 cm³/mol. The summed E-state index contributed by atoms with van der Waals surface area (Å²) < 4.78 is 0. The molecule has 0 spiro atoms. The minimum Gasteiger partial charge on any atom is -0.338 e. The summed E-state index contributed by atoms with van der Waals surface area (Å²) in [7, 11) is 1.86. The molecular weight excluding hydrogens is 162 g/mol. The number of allylic oxidation sites excluding steroid dienone is 1. The van der Waals surface area contributed by atoms with E-state index in [1.165, 1.54) is 5.57 Å². The zero-order valence-electron chi connectivity index (χ0n) is 8.63. The number of likely N-dealkylation sites (N-methyl/N-ethyl adjacent to an activating group) is 1. The molecule has 0 aromatic heterocycles. The van der Waals surface area contributed by atoms with Gasteiger partial charge >= 0.3 is 0 Å². The number of hydrogen-bond donors (Lipinski definition) is 0. The van der Waals surface area contributed by atoms with Crippen LogP contribution < -0.4 is 0 Å². The normalized spacial score (nSPS) is 19.9. The summed E-state index contributed by atoms with van der Waals surface area (Å²) in [5.41, 5.74) is 2.26. The second-order valence-corrected chi connectivity index (χ2v) is 3.12. The molecule has 2 rings (SSSR count). The molecule has 0 bridgehead atoms. The average Bonchev–Trinajstić information content (AvgIpc) is 2.47. The lowest BCUT2D eigenvalue weighted by molar-refractivity contribution is -0.124. The monoisotopic (exact) mass is 179 g/mol. The van der Waals surface area contributed by atoms with Gasteiger partial charge in [0.2, 0.25) is 0 Å². The SMILES string of the molecule is CC.CN1CC2=C(C=CCC2)C1=O. The minimum absolute atomic E-state index is 0.191. The van der Waals surface area contributed by atoms with Crippen molar-refractivity contribution in [3.05, 3.63) is 23.3 Å². The Morgan fingerprint density at radius 3 is 2.69 bits per heavy atom. The van der Waals surface area contributed by atoms with E-state index in [9.17, 15) is 4.79 Å². The Balaban J connectivity index is 0.000000396. The van der Waals surface area contributed by atoms with Gasteiger partial charge in [0, 0.05) is 19.2 Å². The van der Waals surface area contributed by atoms with Crippen molar-refractivity contribution >= 4 is 5.91 Å². The van der Waals surface area contributed by atoms with E-state index in [1.54, 1.807) is 4.90 Å². The predicted octanol–water partition coefficient (Wildman–Crippen LogP) is 2.13. The van der Waals surface area contributed by atoms with Crippen LogP contribution in [0.25, 0.3) is 0 Å². The number of rotatable bonds is 0. The van der Waals surface area contributed by atoms with E-state index in [-0.39, 0.29) is 5.91 Å². The molecule has 0 aromatic carbocycles. The Morgan fingerprint density at radius 1 is 1.38 bits per heavy atom. The van der Waals surface area contributed by atoms with Crippen molar-refractivity contribution in [2.24, 2.45) is 0 Å². The lowest BCUT2D eigenvalue weighted by Gasteiger charge is -2.06. The van der Waals surface area contributed by atoms with Gasteiger partial charge in [-0.05, 0) is 18.4 Å². The first kappa shape index (κ1) is 10.0. The number of amides is 1. The quantitative estimate of drug-likeness (QED) is 0.558. The van der Waals surface area contributed by atoms with Crippen molar-refractivity contribution in [3.8, 4) is 0 Å². The van der Waals surface area contributed by atoms with Crippen molar-refractivity contribution in [1.29, 1.82) is 0 Å². The first-order chi connectivity index (χ1) is 6.29. The van der Waals surface area contributed by atoms with Gasteiger partial charge in [0.05, 0.1) is 0 Å². The molecule has 0 saturated heterocycles. The molecule has 0 unspecified atom stereocenters. The van der Waals surface area contributed by atoms with Gasteiger partial charge in [-0.3, -0.25) is 4.79 Å². The van der Waals surface area contributed by atoms with Gasteiger partial charge in [-0.25, -0.2) is 0 Å². The highest BCUT2D eigenvalue weighted by atomic mass is 16.2. The molecule has 2 nitrogen and oxygen atoms in total. The van der Waals surface area contributed by atoms with Crippen LogP contribution in [0.5, 0.6) is 0 Å². The maximum Gasteiger partial charge on any atom is 0.253 e. The Hall–Kier alpha value is -1.05. The highest BCUT2D eigenvalue weighted by molar-refractivity contribution is 5.99. The summed E-state index contributed by atoms with van der Waals surface area (Å²) in [4.78, 5) is 13.1. The number of carbonyl (C=O) groups excluding carboxylic acids is 1. The fourth-order valence-corrected chi connectivity index (χ4v) is 1.66. The van der Waals surface area contributed by atoms with Crippen LogP contribution in [0.15, 0.2) is 23.3 Å². The van der Waals surface area contributed by atoms with Crippen molar-refractivity contribution in [2.45, 2.75) is 26.7 Å². The van der Waals surface area contributed by atoms with Crippen molar-refractivity contribution in [2.75, 3.05) is 13.6 Å². The molecule has 0 atom stereocenters. The molecule has 0 fully saturated rings. The van der Waals surface area contributed by atoms with Gasteiger partial charge in [-0.2, -0.15) is 0 Å². The third kappa shape index (κ3) is 1.82. The first-order valence-electron chi connectivity index (χ1n) is 4.93. The number of nitrogens with zero attached hydrogens (tertiary/aromatic N) is 1. The summed E-state index contributed by atoms with van der Waals surface area (Å²) in [6.45, 7) is 4.85. The van der Waals surface area contributed by atoms with E-state index in [4.69, 9.17) is 0 Å². The maximum absolute atomic E-state index is 11.4. The minimum atomic E-state index is 0.191. The van der Waals surface area contributed by atoms with E-state index in [2.05, 4.69) is 6.08 Å². The topological polar surface area (TPSA) is 20.3 Å². The molecule has 2 heteroatoms. The molecule has 0 N–H and O–H groups in total. The summed E-state index contributed by atoms with van der Waals surface area (Å²) in [6, 6.07) is 0. The van der Waals surface area contributed by atoms with Gasteiger partial charge in [0.15, 0.2) is 0 Å². The third-order valence-electron chi connectivity index (χ3n) is 2.28. The van der Waals surface area contributed by atoms with Crippen molar-refractivity contribution in [1.82, 2.24) is 4.90 Å². The van der Waals surface area contributed by atoms with Crippen LogP contribution in [0.3, 0.4) is 0 Å². The molecule has 1 aliphatic carbocycles. The highest BCUT2D eigenvalue weighted by Gasteiger charge is 2.26. The van der Waals surface area contributed by atoms with Gasteiger partial charge in [0.1, 0.15) is 0 Å². The van der Waals surface area contributed by atoms with Crippen LogP contribution in [0.4, 0.5) is 0 Å². The second kappa shape index (κ2) is 4.26. The molecule has 0 radical (unpaired) electrons. The maximum atomic E-state index is 11.4. The Bertz CT molecular complexity index is 263. The molecule has 1 aliphatic heterocycles. The van der Waals surface area contributed by atoms with Gasteiger partial charge in [0.25, 0.3) is 5.91 Å². The fourth-order valence-electron chi connectivity index (χ4n) is 1.66. The van der Waals surface area contributed by atoms with Crippen molar-refractivity contribution < 1.29 is 4.79 Å². The Morgan fingerprint density at radius 2 is 2.08 bits per heavy atom. The molecule has 0 aromatic rings. The number of hydrogen-bond acceptors (Lipinski definition) is 1. The average molecular weight is 179 g/mol. The van der Waals surface area contributed by atoms with E-state index in [1.807, 2.05) is 27.0 Å². The van der Waals surface area contributed by atoms with E-state index in [0.29, 0.717) is 0 Å². The van der Waals surface area contributed by atoms with E-state index < -0.39 is 0 Å². The first-order valence-corrected chi connectivity index (χ1v) is 4.93. The Labute approximate surface area is 79.9 Å². The van der Waals surface area contributed by atoms with Gasteiger partial charge in [-0.1, -0.05) is 26.0 Å². The van der Waals surface area contributed by atoms with Crippen LogP contribution in [-0.2, 0) is 4.79 Å². The molecule has 1 heterocycles. The molecular formula is C11H17NO. The Kier molecular flexibility index (Phi) is 3.29. The molecule has 2 aliphatic rings. The third-order valence-corrected chi connectivity index (χ3v) is 2.28. The zero-order valence-corrected chi connectivity index (χ0v) is 8.63. The zero-order chi connectivity index (χ0) is 9.84. The fraction of sp³-hybridized carbons (Fsp3) is 0.545. The van der Waals surface area contributed by atoms with E-state index >= 15 is 0 Å². The van der Waals surface area contributed by atoms with Gasteiger partial charge in [-0.15, -0.1) is 0 Å². The highest BCUT2D eigenvalue weighted by Crippen LogP contribution is 2.26. The molecule has 72 valence electrons. The standard InChI is InChI=1S/C9H11NO.C2H6/c1-10-6-7-4-2-3-5-8(7)9(10)11;1-2/h3,5H,2,4,6H2,1H3;1-2H3. The van der Waals surface area contributed by atoms with Crippen LogP contribution >= 0.6 is 0 Å². The summed E-state index contributed by atoms with van der Waals surface area (Å²) in [5.74, 6) is 0.191. The van der Waals surface area contributed by atoms with Crippen LogP contribution in [-0.4, -0.2) is 24.4 Å². The summed E-state index contributed by atoms with van der Waals surface area (Å²) in [5, 5.41) is 0. The lowest BCUT2D eigenvalue weighted by Crippen LogP contribution is -2.21. The van der Waals surface area contributed by atoms with Gasteiger partial charge < -0.3 is 4.90 Å².